The largest absolute Gasteiger partial charge is 0.493 e. The first-order chi connectivity index (χ1) is 9.24. The second-order valence-corrected chi connectivity index (χ2v) is 4.87. The number of ether oxygens (including phenoxy) is 3. The van der Waals surface area contributed by atoms with Crippen LogP contribution in [0.25, 0.3) is 0 Å². The van der Waals surface area contributed by atoms with Gasteiger partial charge in [0.1, 0.15) is 0 Å². The number of nitrogens with one attached hydrogen (secondary N) is 1. The van der Waals surface area contributed by atoms with Crippen LogP contribution in [0.2, 0.25) is 0 Å². The standard InChI is InChI=1S/C14H22BrNO3/c1-4-19-14-11(10-16-8-5-9-17-2)12(15)6-7-13(14)18-3/h6-7,16H,4-5,8-10H2,1-3H3. The van der Waals surface area contributed by atoms with Gasteiger partial charge in [-0.2, -0.15) is 0 Å². The molecular formula is C14H22BrNO3. The van der Waals surface area contributed by atoms with Gasteiger partial charge in [0, 0.05) is 30.3 Å². The van der Waals surface area contributed by atoms with E-state index in [1.54, 1.807) is 14.2 Å². The number of benzene rings is 1. The molecule has 0 aliphatic heterocycles. The van der Waals surface area contributed by atoms with Crippen LogP contribution in [0.4, 0.5) is 0 Å². The maximum absolute atomic E-state index is 5.70. The highest BCUT2D eigenvalue weighted by Crippen LogP contribution is 2.36. The van der Waals surface area contributed by atoms with Gasteiger partial charge in [-0.3, -0.25) is 0 Å². The molecule has 0 atom stereocenters. The molecule has 1 rings (SSSR count). The molecule has 0 saturated carbocycles. The summed E-state index contributed by atoms with van der Waals surface area (Å²) in [4.78, 5) is 0. The van der Waals surface area contributed by atoms with E-state index >= 15 is 0 Å². The van der Waals surface area contributed by atoms with Gasteiger partial charge in [0.2, 0.25) is 0 Å². The summed E-state index contributed by atoms with van der Waals surface area (Å²) in [6, 6.07) is 3.89. The molecule has 0 aromatic heterocycles. The van der Waals surface area contributed by atoms with Crippen LogP contribution in [0.15, 0.2) is 16.6 Å². The Kier molecular flexibility index (Phi) is 7.86. The molecule has 108 valence electrons. The summed E-state index contributed by atoms with van der Waals surface area (Å²) in [7, 11) is 3.37. The van der Waals surface area contributed by atoms with Crippen molar-refractivity contribution in [2.24, 2.45) is 0 Å². The van der Waals surface area contributed by atoms with Crippen molar-refractivity contribution in [2.45, 2.75) is 19.9 Å². The number of methoxy groups -OCH3 is 2. The van der Waals surface area contributed by atoms with Crippen LogP contribution in [0.5, 0.6) is 11.5 Å². The predicted octanol–water partition coefficient (Wildman–Crippen LogP) is 2.98. The minimum Gasteiger partial charge on any atom is -0.493 e. The average Bonchev–Trinajstić information content (AvgIpc) is 2.42. The highest BCUT2D eigenvalue weighted by Gasteiger charge is 2.13. The van der Waals surface area contributed by atoms with E-state index in [4.69, 9.17) is 14.2 Å². The van der Waals surface area contributed by atoms with Crippen LogP contribution in [0.3, 0.4) is 0 Å². The number of rotatable bonds is 9. The van der Waals surface area contributed by atoms with Crippen molar-refractivity contribution < 1.29 is 14.2 Å². The SMILES string of the molecule is CCOc1c(OC)ccc(Br)c1CNCCCOC. The molecule has 0 saturated heterocycles. The van der Waals surface area contributed by atoms with Crippen LogP contribution in [-0.2, 0) is 11.3 Å². The summed E-state index contributed by atoms with van der Waals surface area (Å²) in [5.41, 5.74) is 1.08. The number of hydrogen-bond donors (Lipinski definition) is 1. The molecule has 0 spiro atoms. The van der Waals surface area contributed by atoms with Gasteiger partial charge >= 0.3 is 0 Å². The smallest absolute Gasteiger partial charge is 0.166 e. The molecule has 1 N–H and O–H groups in total. The zero-order valence-electron chi connectivity index (χ0n) is 11.8. The van der Waals surface area contributed by atoms with E-state index in [9.17, 15) is 0 Å². The van der Waals surface area contributed by atoms with Gasteiger partial charge in [0.15, 0.2) is 11.5 Å². The monoisotopic (exact) mass is 331 g/mol. The lowest BCUT2D eigenvalue weighted by Gasteiger charge is -2.16. The Hall–Kier alpha value is -0.780. The van der Waals surface area contributed by atoms with Crippen molar-refractivity contribution in [2.75, 3.05) is 34.0 Å². The van der Waals surface area contributed by atoms with Crippen molar-refractivity contribution in [3.63, 3.8) is 0 Å². The fourth-order valence-corrected chi connectivity index (χ4v) is 2.22. The van der Waals surface area contributed by atoms with Crippen LogP contribution in [-0.4, -0.2) is 34.0 Å². The molecule has 1 aromatic carbocycles. The van der Waals surface area contributed by atoms with Crippen LogP contribution >= 0.6 is 15.9 Å². The fraction of sp³-hybridized carbons (Fsp3) is 0.571. The molecule has 0 unspecified atom stereocenters. The van der Waals surface area contributed by atoms with Gasteiger partial charge in [-0.25, -0.2) is 0 Å². The Morgan fingerprint density at radius 1 is 1.26 bits per heavy atom. The Balaban J connectivity index is 2.73. The molecule has 0 bridgehead atoms. The van der Waals surface area contributed by atoms with Crippen LogP contribution < -0.4 is 14.8 Å². The fourth-order valence-electron chi connectivity index (χ4n) is 1.77. The lowest BCUT2D eigenvalue weighted by Crippen LogP contribution is -2.17. The molecule has 4 nitrogen and oxygen atoms in total. The summed E-state index contributed by atoms with van der Waals surface area (Å²) in [6.45, 7) is 4.99. The minimum absolute atomic E-state index is 0.615. The van der Waals surface area contributed by atoms with E-state index in [0.717, 1.165) is 47.7 Å². The molecular weight excluding hydrogens is 310 g/mol. The van der Waals surface area contributed by atoms with Crippen molar-refractivity contribution in [1.29, 1.82) is 0 Å². The quantitative estimate of drug-likeness (QED) is 0.706. The third-order valence-corrected chi connectivity index (χ3v) is 3.42. The molecule has 5 heteroatoms. The Bertz CT molecular complexity index is 385. The Labute approximate surface area is 123 Å². The molecule has 0 aliphatic carbocycles. The number of halogens is 1. The average molecular weight is 332 g/mol. The first-order valence-corrected chi connectivity index (χ1v) is 7.21. The molecule has 0 radical (unpaired) electrons. The Morgan fingerprint density at radius 3 is 2.68 bits per heavy atom. The second-order valence-electron chi connectivity index (χ2n) is 4.01. The summed E-state index contributed by atoms with van der Waals surface area (Å²) >= 11 is 3.56. The predicted molar refractivity (Wildman–Crippen MR) is 80.1 cm³/mol. The van der Waals surface area contributed by atoms with Gasteiger partial charge in [-0.05, 0) is 32.0 Å². The van der Waals surface area contributed by atoms with E-state index in [2.05, 4.69) is 21.2 Å². The van der Waals surface area contributed by atoms with E-state index < -0.39 is 0 Å². The van der Waals surface area contributed by atoms with E-state index in [1.807, 2.05) is 19.1 Å². The van der Waals surface area contributed by atoms with Crippen molar-refractivity contribution in [3.8, 4) is 11.5 Å². The summed E-state index contributed by atoms with van der Waals surface area (Å²) < 4.78 is 17.1. The summed E-state index contributed by atoms with van der Waals surface area (Å²) in [6.07, 6.45) is 0.988. The summed E-state index contributed by atoms with van der Waals surface area (Å²) in [5, 5.41) is 3.38. The molecule has 1 aromatic rings. The minimum atomic E-state index is 0.615. The molecule has 0 fully saturated rings. The van der Waals surface area contributed by atoms with Crippen molar-refractivity contribution >= 4 is 15.9 Å². The maximum atomic E-state index is 5.70. The Morgan fingerprint density at radius 2 is 2.05 bits per heavy atom. The van der Waals surface area contributed by atoms with Gasteiger partial charge in [-0.1, -0.05) is 15.9 Å². The normalized spacial score (nSPS) is 10.5. The number of hydrogen-bond acceptors (Lipinski definition) is 4. The van der Waals surface area contributed by atoms with Gasteiger partial charge in [-0.15, -0.1) is 0 Å². The van der Waals surface area contributed by atoms with E-state index in [-0.39, 0.29) is 0 Å². The van der Waals surface area contributed by atoms with Gasteiger partial charge in [0.25, 0.3) is 0 Å². The zero-order valence-corrected chi connectivity index (χ0v) is 13.4. The second kappa shape index (κ2) is 9.18. The molecule has 0 aliphatic rings. The molecule has 19 heavy (non-hydrogen) atoms. The van der Waals surface area contributed by atoms with Crippen molar-refractivity contribution in [1.82, 2.24) is 5.32 Å². The third-order valence-electron chi connectivity index (χ3n) is 2.68. The lowest BCUT2D eigenvalue weighted by atomic mass is 10.2. The van der Waals surface area contributed by atoms with E-state index in [1.165, 1.54) is 0 Å². The van der Waals surface area contributed by atoms with Gasteiger partial charge < -0.3 is 19.5 Å². The van der Waals surface area contributed by atoms with Crippen LogP contribution in [0.1, 0.15) is 18.9 Å². The first-order valence-electron chi connectivity index (χ1n) is 6.42. The zero-order chi connectivity index (χ0) is 14.1. The first kappa shape index (κ1) is 16.3. The highest BCUT2D eigenvalue weighted by atomic mass is 79.9. The van der Waals surface area contributed by atoms with E-state index in [0.29, 0.717) is 6.61 Å². The highest BCUT2D eigenvalue weighted by molar-refractivity contribution is 9.10. The maximum Gasteiger partial charge on any atom is 0.166 e. The summed E-state index contributed by atoms with van der Waals surface area (Å²) in [5.74, 6) is 1.57. The van der Waals surface area contributed by atoms with Crippen LogP contribution in [0, 0.1) is 0 Å². The molecule has 0 heterocycles. The third kappa shape index (κ3) is 5.01. The van der Waals surface area contributed by atoms with Crippen molar-refractivity contribution in [3.05, 3.63) is 22.2 Å². The van der Waals surface area contributed by atoms with Gasteiger partial charge in [0.05, 0.1) is 13.7 Å². The topological polar surface area (TPSA) is 39.7 Å². The molecule has 0 amide bonds. The lowest BCUT2D eigenvalue weighted by molar-refractivity contribution is 0.194.